The van der Waals surface area contributed by atoms with Gasteiger partial charge in [0.15, 0.2) is 0 Å². The van der Waals surface area contributed by atoms with Crippen molar-refractivity contribution >= 4 is 15.9 Å². The second-order valence-electron chi connectivity index (χ2n) is 6.43. The summed E-state index contributed by atoms with van der Waals surface area (Å²) in [5, 5.41) is 3.56. The van der Waals surface area contributed by atoms with E-state index in [1.54, 1.807) is 0 Å². The second kappa shape index (κ2) is 4.31. The third kappa shape index (κ3) is 2.12. The van der Waals surface area contributed by atoms with Gasteiger partial charge < -0.3 is 5.32 Å². The molecule has 1 aromatic rings. The van der Waals surface area contributed by atoms with Crippen LogP contribution in [0.25, 0.3) is 0 Å². The first-order valence-electron chi connectivity index (χ1n) is 6.39. The maximum Gasteiger partial charge on any atom is 0.129 e. The highest BCUT2D eigenvalue weighted by Crippen LogP contribution is 2.63. The molecule has 1 saturated carbocycles. The average molecular weight is 314 g/mol. The zero-order chi connectivity index (χ0) is 13.7. The summed E-state index contributed by atoms with van der Waals surface area (Å²) in [6, 6.07) is 5.72. The van der Waals surface area contributed by atoms with Crippen molar-refractivity contribution in [3.05, 3.63) is 34.1 Å². The Morgan fingerprint density at radius 1 is 1.22 bits per heavy atom. The third-order valence-electron chi connectivity index (χ3n) is 4.87. The van der Waals surface area contributed by atoms with Crippen LogP contribution in [0.4, 0.5) is 4.39 Å². The topological polar surface area (TPSA) is 12.0 Å². The number of hydrogen-bond acceptors (Lipinski definition) is 1. The Hall–Kier alpha value is -0.410. The summed E-state index contributed by atoms with van der Waals surface area (Å²) in [5.41, 5.74) is 1.27. The van der Waals surface area contributed by atoms with E-state index in [1.807, 2.05) is 19.1 Å². The van der Waals surface area contributed by atoms with E-state index >= 15 is 0 Å². The van der Waals surface area contributed by atoms with E-state index in [-0.39, 0.29) is 22.7 Å². The van der Waals surface area contributed by atoms with Gasteiger partial charge in [0.05, 0.1) is 0 Å². The molecule has 0 heterocycles. The van der Waals surface area contributed by atoms with Gasteiger partial charge in [0.2, 0.25) is 0 Å². The molecule has 1 fully saturated rings. The summed E-state index contributed by atoms with van der Waals surface area (Å²) < 4.78 is 14.7. The van der Waals surface area contributed by atoms with Crippen LogP contribution in [0.2, 0.25) is 0 Å². The Bertz CT molecular complexity index is 454. The van der Waals surface area contributed by atoms with E-state index in [1.165, 1.54) is 6.07 Å². The van der Waals surface area contributed by atoms with Crippen molar-refractivity contribution in [2.45, 2.75) is 46.7 Å². The summed E-state index contributed by atoms with van der Waals surface area (Å²) in [5.74, 6) is -0.152. The van der Waals surface area contributed by atoms with Gasteiger partial charge in [0.1, 0.15) is 5.82 Å². The predicted molar refractivity (Wildman–Crippen MR) is 77.0 cm³/mol. The SMILES string of the molecule is CC(NC1C(C)(C)C1(C)C)c1ccc(Br)cc1F. The minimum absolute atomic E-state index is 0.0316. The summed E-state index contributed by atoms with van der Waals surface area (Å²) in [7, 11) is 0. The van der Waals surface area contributed by atoms with Gasteiger partial charge in [-0.2, -0.15) is 0 Å². The van der Waals surface area contributed by atoms with Crippen LogP contribution in [0.1, 0.15) is 46.2 Å². The number of halogens is 2. The van der Waals surface area contributed by atoms with E-state index in [2.05, 4.69) is 48.9 Å². The molecule has 18 heavy (non-hydrogen) atoms. The molecule has 1 aliphatic rings. The fourth-order valence-corrected chi connectivity index (χ4v) is 3.14. The van der Waals surface area contributed by atoms with Crippen LogP contribution in [0.5, 0.6) is 0 Å². The maximum absolute atomic E-state index is 13.9. The zero-order valence-electron chi connectivity index (χ0n) is 11.6. The normalized spacial score (nSPS) is 22.8. The Kier molecular flexibility index (Phi) is 3.35. The molecule has 100 valence electrons. The van der Waals surface area contributed by atoms with Crippen molar-refractivity contribution in [3.8, 4) is 0 Å². The molecule has 1 unspecified atom stereocenters. The van der Waals surface area contributed by atoms with Crippen molar-refractivity contribution in [1.82, 2.24) is 5.32 Å². The first kappa shape index (κ1) is 14.0. The first-order chi connectivity index (χ1) is 8.18. The van der Waals surface area contributed by atoms with Crippen molar-refractivity contribution in [2.24, 2.45) is 10.8 Å². The highest BCUT2D eigenvalue weighted by Gasteiger charge is 2.64. The molecule has 1 aliphatic carbocycles. The molecular weight excluding hydrogens is 293 g/mol. The van der Waals surface area contributed by atoms with E-state index in [0.717, 1.165) is 10.0 Å². The molecule has 0 radical (unpaired) electrons. The Morgan fingerprint density at radius 2 is 1.78 bits per heavy atom. The lowest BCUT2D eigenvalue weighted by Gasteiger charge is -2.17. The lowest BCUT2D eigenvalue weighted by atomic mass is 10.0. The summed E-state index contributed by atoms with van der Waals surface area (Å²) in [6.07, 6.45) is 0. The molecule has 1 aromatic carbocycles. The standard InChI is InChI=1S/C15H21BrFN/c1-9(11-7-6-10(16)8-12(11)17)18-13-14(2,3)15(13,4)5/h6-9,13,18H,1-5H3. The molecule has 1 nitrogen and oxygen atoms in total. The minimum Gasteiger partial charge on any atom is -0.306 e. The third-order valence-corrected chi connectivity index (χ3v) is 5.36. The van der Waals surface area contributed by atoms with Gasteiger partial charge in [0, 0.05) is 22.1 Å². The molecule has 0 aliphatic heterocycles. The zero-order valence-corrected chi connectivity index (χ0v) is 13.2. The molecule has 0 aromatic heterocycles. The van der Waals surface area contributed by atoms with E-state index in [0.29, 0.717) is 6.04 Å². The van der Waals surface area contributed by atoms with Crippen LogP contribution in [0.15, 0.2) is 22.7 Å². The summed E-state index contributed by atoms with van der Waals surface area (Å²) in [6.45, 7) is 11.1. The minimum atomic E-state index is -0.152. The molecule has 0 bridgehead atoms. The number of benzene rings is 1. The number of hydrogen-bond donors (Lipinski definition) is 1. The van der Waals surface area contributed by atoms with Gasteiger partial charge in [-0.25, -0.2) is 4.39 Å². The highest BCUT2D eigenvalue weighted by atomic mass is 79.9. The molecule has 0 saturated heterocycles. The molecule has 2 rings (SSSR count). The highest BCUT2D eigenvalue weighted by molar-refractivity contribution is 9.10. The van der Waals surface area contributed by atoms with Crippen LogP contribution in [-0.4, -0.2) is 6.04 Å². The van der Waals surface area contributed by atoms with Gasteiger partial charge in [-0.05, 0) is 29.9 Å². The smallest absolute Gasteiger partial charge is 0.129 e. The fraction of sp³-hybridized carbons (Fsp3) is 0.600. The predicted octanol–water partition coefficient (Wildman–Crippen LogP) is 4.67. The Balaban J connectivity index is 2.12. The van der Waals surface area contributed by atoms with Gasteiger partial charge in [0.25, 0.3) is 0 Å². The van der Waals surface area contributed by atoms with Crippen LogP contribution in [0.3, 0.4) is 0 Å². The largest absolute Gasteiger partial charge is 0.306 e. The van der Waals surface area contributed by atoms with Gasteiger partial charge in [-0.3, -0.25) is 0 Å². The van der Waals surface area contributed by atoms with Gasteiger partial charge >= 0.3 is 0 Å². The monoisotopic (exact) mass is 313 g/mol. The van der Waals surface area contributed by atoms with Crippen molar-refractivity contribution in [3.63, 3.8) is 0 Å². The summed E-state index contributed by atoms with van der Waals surface area (Å²) >= 11 is 3.28. The van der Waals surface area contributed by atoms with E-state index in [4.69, 9.17) is 0 Å². The molecule has 1 atom stereocenters. The average Bonchev–Trinajstić information content (AvgIpc) is 2.60. The van der Waals surface area contributed by atoms with E-state index < -0.39 is 0 Å². The lowest BCUT2D eigenvalue weighted by Crippen LogP contribution is -2.26. The molecular formula is C15H21BrFN. The van der Waals surface area contributed by atoms with E-state index in [9.17, 15) is 4.39 Å². The first-order valence-corrected chi connectivity index (χ1v) is 7.18. The number of nitrogens with one attached hydrogen (secondary N) is 1. The molecule has 0 amide bonds. The van der Waals surface area contributed by atoms with Gasteiger partial charge in [-0.15, -0.1) is 0 Å². The van der Waals surface area contributed by atoms with Crippen molar-refractivity contribution in [1.29, 1.82) is 0 Å². The van der Waals surface area contributed by atoms with Crippen LogP contribution in [0, 0.1) is 16.6 Å². The quantitative estimate of drug-likeness (QED) is 0.854. The maximum atomic E-state index is 13.9. The number of rotatable bonds is 3. The molecule has 0 spiro atoms. The Morgan fingerprint density at radius 3 is 2.22 bits per heavy atom. The van der Waals surface area contributed by atoms with Crippen molar-refractivity contribution < 1.29 is 4.39 Å². The lowest BCUT2D eigenvalue weighted by molar-refractivity contribution is 0.457. The van der Waals surface area contributed by atoms with Crippen molar-refractivity contribution in [2.75, 3.05) is 0 Å². The molecule has 1 N–H and O–H groups in total. The van der Waals surface area contributed by atoms with Crippen LogP contribution >= 0.6 is 15.9 Å². The van der Waals surface area contributed by atoms with Crippen LogP contribution < -0.4 is 5.32 Å². The Labute approximate surface area is 117 Å². The fourth-order valence-electron chi connectivity index (χ4n) is 2.81. The van der Waals surface area contributed by atoms with Crippen LogP contribution in [-0.2, 0) is 0 Å². The van der Waals surface area contributed by atoms with Gasteiger partial charge in [-0.1, -0.05) is 49.7 Å². The molecule has 3 heteroatoms. The summed E-state index contributed by atoms with van der Waals surface area (Å²) in [4.78, 5) is 0. The second-order valence-corrected chi connectivity index (χ2v) is 7.35.